The molecule has 6 bridgehead atoms. The van der Waals surface area contributed by atoms with Crippen LogP contribution in [0.3, 0.4) is 0 Å². The number of likely N-dealkylation sites (tertiary alicyclic amines) is 1. The zero-order chi connectivity index (χ0) is 31.6. The molecular formula is C35H30FN3O7. The number of carbonyl (C=O) groups is 3. The molecule has 4 aliphatic rings. The van der Waals surface area contributed by atoms with Gasteiger partial charge in [0.2, 0.25) is 0 Å². The Balaban J connectivity index is 1.21. The summed E-state index contributed by atoms with van der Waals surface area (Å²) in [6, 6.07) is 22.9. The lowest BCUT2D eigenvalue weighted by atomic mass is 10.0. The molecule has 0 aromatic heterocycles. The maximum Gasteiger partial charge on any atom is 0.258 e. The first-order valence-electron chi connectivity index (χ1n) is 14.9. The van der Waals surface area contributed by atoms with Gasteiger partial charge in [0, 0.05) is 13.1 Å². The Kier molecular flexibility index (Phi) is 7.88. The molecule has 1 fully saturated rings. The molecule has 2 N–H and O–H groups in total. The van der Waals surface area contributed by atoms with Crippen LogP contribution >= 0.6 is 0 Å². The van der Waals surface area contributed by atoms with Crippen LogP contribution in [0.2, 0.25) is 0 Å². The van der Waals surface area contributed by atoms with Crippen molar-refractivity contribution < 1.29 is 37.7 Å². The highest BCUT2D eigenvalue weighted by Gasteiger charge is 2.40. The maximum absolute atomic E-state index is 15.1. The molecule has 4 aromatic rings. The van der Waals surface area contributed by atoms with E-state index in [-0.39, 0.29) is 37.1 Å². The van der Waals surface area contributed by atoms with Gasteiger partial charge in [0.05, 0.1) is 23.7 Å². The second-order valence-electron chi connectivity index (χ2n) is 11.2. The molecule has 234 valence electrons. The smallest absolute Gasteiger partial charge is 0.258 e. The second-order valence-corrected chi connectivity index (χ2v) is 11.2. The van der Waals surface area contributed by atoms with Gasteiger partial charge in [-0.25, -0.2) is 4.39 Å². The summed E-state index contributed by atoms with van der Waals surface area (Å²) in [7, 11) is 0. The lowest BCUT2D eigenvalue weighted by Crippen LogP contribution is -2.45. The van der Waals surface area contributed by atoms with Gasteiger partial charge in [0.15, 0.2) is 18.1 Å². The van der Waals surface area contributed by atoms with Crippen LogP contribution in [0.1, 0.15) is 26.3 Å². The van der Waals surface area contributed by atoms with E-state index in [4.69, 9.17) is 18.9 Å². The first kappa shape index (κ1) is 29.1. The van der Waals surface area contributed by atoms with Crippen molar-refractivity contribution in [3.8, 4) is 34.1 Å². The van der Waals surface area contributed by atoms with Gasteiger partial charge < -0.3 is 34.5 Å². The zero-order valence-electron chi connectivity index (χ0n) is 24.7. The number of ether oxygens (including phenoxy) is 4. The van der Waals surface area contributed by atoms with Crippen molar-refractivity contribution in [1.82, 2.24) is 15.5 Å². The number of hydrogen-bond donors (Lipinski definition) is 2. The van der Waals surface area contributed by atoms with Crippen LogP contribution in [-0.2, 0) is 11.3 Å². The molecule has 0 spiro atoms. The van der Waals surface area contributed by atoms with Gasteiger partial charge in [-0.3, -0.25) is 14.4 Å². The fourth-order valence-corrected chi connectivity index (χ4v) is 5.76. The van der Waals surface area contributed by atoms with E-state index in [0.717, 1.165) is 5.56 Å². The number of nitrogens with zero attached hydrogens (tertiary/aromatic N) is 1. The molecular weight excluding hydrogens is 593 g/mol. The standard InChI is InChI=1S/C35H30FN3O7/c36-28-12-9-23-16-27(28)34(41)38-29-18-39(35(42)26-5-2-6-30-33(26)44-14-13-43-30)19-31(29)46-24-10-7-21(8-11-24)17-37-32(40)20-45-25-4-1-3-22(23)15-25/h1-12,15-16,29,31H,13-14,17-20H2,(H,37,40)(H,38,41)/t29-,31-/m0/s1. The van der Waals surface area contributed by atoms with E-state index in [1.165, 1.54) is 12.1 Å². The molecule has 1 saturated heterocycles. The lowest BCUT2D eigenvalue weighted by Gasteiger charge is -2.23. The first-order valence-corrected chi connectivity index (χ1v) is 14.9. The quantitative estimate of drug-likeness (QED) is 0.330. The monoisotopic (exact) mass is 623 g/mol. The number of nitrogens with one attached hydrogen (secondary N) is 2. The van der Waals surface area contributed by atoms with Crippen molar-refractivity contribution in [3.63, 3.8) is 0 Å². The molecule has 2 atom stereocenters. The van der Waals surface area contributed by atoms with Crippen molar-refractivity contribution in [2.75, 3.05) is 32.9 Å². The molecule has 4 heterocycles. The topological polar surface area (TPSA) is 115 Å². The third-order valence-electron chi connectivity index (χ3n) is 8.12. The predicted molar refractivity (Wildman–Crippen MR) is 165 cm³/mol. The van der Waals surface area contributed by atoms with Crippen LogP contribution in [0.25, 0.3) is 11.1 Å². The van der Waals surface area contributed by atoms with Crippen LogP contribution < -0.4 is 29.6 Å². The third kappa shape index (κ3) is 6.03. The number of carbonyl (C=O) groups excluding carboxylic acids is 3. The number of hydrogen-bond acceptors (Lipinski definition) is 7. The van der Waals surface area contributed by atoms with Gasteiger partial charge in [0.1, 0.15) is 36.6 Å². The Morgan fingerprint density at radius 1 is 0.826 bits per heavy atom. The van der Waals surface area contributed by atoms with E-state index in [2.05, 4.69) is 10.6 Å². The van der Waals surface area contributed by atoms with E-state index >= 15 is 4.39 Å². The molecule has 11 heteroatoms. The highest BCUT2D eigenvalue weighted by molar-refractivity contribution is 5.99. The normalized spacial score (nSPS) is 19.2. The van der Waals surface area contributed by atoms with E-state index < -0.39 is 23.9 Å². The van der Waals surface area contributed by atoms with Crippen LogP contribution in [-0.4, -0.2) is 67.7 Å². The highest BCUT2D eigenvalue weighted by Crippen LogP contribution is 2.35. The van der Waals surface area contributed by atoms with Crippen LogP contribution in [0.5, 0.6) is 23.0 Å². The third-order valence-corrected chi connectivity index (χ3v) is 8.12. The number of benzene rings is 4. The molecule has 0 saturated carbocycles. The fraction of sp³-hybridized carbons (Fsp3) is 0.229. The minimum absolute atomic E-state index is 0.116. The average molecular weight is 624 g/mol. The van der Waals surface area contributed by atoms with Gasteiger partial charge in [-0.05, 0) is 65.2 Å². The summed E-state index contributed by atoms with van der Waals surface area (Å²) >= 11 is 0. The van der Waals surface area contributed by atoms with Crippen LogP contribution in [0.15, 0.2) is 84.9 Å². The number of para-hydroxylation sites is 1. The first-order chi connectivity index (χ1) is 22.4. The van der Waals surface area contributed by atoms with Gasteiger partial charge in [0.25, 0.3) is 17.7 Å². The Bertz CT molecular complexity index is 1810. The van der Waals surface area contributed by atoms with E-state index in [9.17, 15) is 14.4 Å². The molecule has 3 amide bonds. The Hall–Kier alpha value is -5.58. The summed E-state index contributed by atoms with van der Waals surface area (Å²) in [4.78, 5) is 41.5. The van der Waals surface area contributed by atoms with Crippen LogP contribution in [0.4, 0.5) is 4.39 Å². The zero-order valence-corrected chi connectivity index (χ0v) is 24.7. The van der Waals surface area contributed by atoms with E-state index in [0.29, 0.717) is 59.4 Å². The summed E-state index contributed by atoms with van der Waals surface area (Å²) in [6.45, 7) is 1.08. The number of fused-ring (bicyclic) bond motifs is 8. The van der Waals surface area contributed by atoms with E-state index in [1.807, 2.05) is 12.1 Å². The van der Waals surface area contributed by atoms with Crippen molar-refractivity contribution in [2.45, 2.75) is 18.7 Å². The highest BCUT2D eigenvalue weighted by atomic mass is 19.1. The summed E-state index contributed by atoms with van der Waals surface area (Å²) in [5.74, 6) is -0.109. The van der Waals surface area contributed by atoms with Crippen molar-refractivity contribution in [2.24, 2.45) is 0 Å². The number of halogens is 1. The molecule has 8 rings (SSSR count). The number of amides is 3. The summed E-state index contributed by atoms with van der Waals surface area (Å²) in [5, 5.41) is 5.77. The largest absolute Gasteiger partial charge is 0.486 e. The number of rotatable bonds is 1. The minimum Gasteiger partial charge on any atom is -0.486 e. The average Bonchev–Trinajstić information content (AvgIpc) is 3.47. The van der Waals surface area contributed by atoms with E-state index in [1.54, 1.807) is 65.6 Å². The Morgan fingerprint density at radius 3 is 2.50 bits per heavy atom. The molecule has 0 aliphatic carbocycles. The minimum atomic E-state index is -0.695. The fourth-order valence-electron chi connectivity index (χ4n) is 5.76. The van der Waals surface area contributed by atoms with Crippen molar-refractivity contribution in [1.29, 1.82) is 0 Å². The predicted octanol–water partition coefficient (Wildman–Crippen LogP) is 3.97. The summed E-state index contributed by atoms with van der Waals surface area (Å²) in [5.41, 5.74) is 2.29. The molecule has 0 radical (unpaired) electrons. The SMILES string of the molecule is O=C1COc2cccc(c2)-c2ccc(F)c(c2)C(=O)N[C@H]2CN(C(=O)c3cccc4c3OCCO4)C[C@@H]2Oc2ccc(cc2)CN1. The second kappa shape index (κ2) is 12.4. The molecule has 10 nitrogen and oxygen atoms in total. The van der Waals surface area contributed by atoms with Crippen molar-refractivity contribution >= 4 is 17.7 Å². The molecule has 4 aliphatic heterocycles. The maximum atomic E-state index is 15.1. The van der Waals surface area contributed by atoms with Crippen molar-refractivity contribution in [3.05, 3.63) is 107 Å². The Morgan fingerprint density at radius 2 is 1.63 bits per heavy atom. The Labute approximate surface area is 264 Å². The lowest BCUT2D eigenvalue weighted by molar-refractivity contribution is -0.123. The van der Waals surface area contributed by atoms with Gasteiger partial charge in [-0.2, -0.15) is 0 Å². The molecule has 46 heavy (non-hydrogen) atoms. The molecule has 0 unspecified atom stereocenters. The van der Waals surface area contributed by atoms with Crippen LogP contribution in [0, 0.1) is 5.82 Å². The van der Waals surface area contributed by atoms with Gasteiger partial charge in [-0.15, -0.1) is 0 Å². The van der Waals surface area contributed by atoms with Gasteiger partial charge >= 0.3 is 0 Å². The van der Waals surface area contributed by atoms with Gasteiger partial charge in [-0.1, -0.05) is 36.4 Å². The molecule has 4 aromatic carbocycles. The summed E-state index contributed by atoms with van der Waals surface area (Å²) in [6.07, 6.45) is -0.652. The summed E-state index contributed by atoms with van der Waals surface area (Å²) < 4.78 is 38.6.